The van der Waals surface area contributed by atoms with Gasteiger partial charge >= 0.3 is 0 Å². The standard InChI is InChI=1S/C10H21N3.C2H6/c1-4-13(3)12-9(2)10-6-5-7-11-8-10;1-2/h10-11H,4-8H2,1-3H3;1-2H3/b12-9+;. The van der Waals surface area contributed by atoms with Crippen LogP contribution in [0.15, 0.2) is 5.10 Å². The Hall–Kier alpha value is -0.570. The van der Waals surface area contributed by atoms with Crippen molar-refractivity contribution in [2.45, 2.75) is 40.5 Å². The molecule has 0 radical (unpaired) electrons. The first kappa shape index (κ1) is 14.4. The molecule has 0 bridgehead atoms. The molecular weight excluding hydrogens is 186 g/mol. The van der Waals surface area contributed by atoms with Crippen LogP contribution in [-0.2, 0) is 0 Å². The number of nitrogens with one attached hydrogen (secondary N) is 1. The molecule has 0 spiro atoms. The summed E-state index contributed by atoms with van der Waals surface area (Å²) in [5, 5.41) is 9.94. The van der Waals surface area contributed by atoms with E-state index >= 15 is 0 Å². The predicted molar refractivity (Wildman–Crippen MR) is 68.4 cm³/mol. The summed E-state index contributed by atoms with van der Waals surface area (Å²) in [6.45, 7) is 11.5. The molecule has 90 valence electrons. The number of hydrogen-bond acceptors (Lipinski definition) is 3. The zero-order valence-corrected chi connectivity index (χ0v) is 11.0. The summed E-state index contributed by atoms with van der Waals surface area (Å²) >= 11 is 0. The van der Waals surface area contributed by atoms with E-state index in [2.05, 4.69) is 24.3 Å². The average molecular weight is 213 g/mol. The summed E-state index contributed by atoms with van der Waals surface area (Å²) < 4.78 is 0. The molecule has 0 amide bonds. The summed E-state index contributed by atoms with van der Waals surface area (Å²) in [5.41, 5.74) is 1.27. The Kier molecular flexibility index (Phi) is 8.38. The molecule has 3 nitrogen and oxygen atoms in total. The summed E-state index contributed by atoms with van der Waals surface area (Å²) in [7, 11) is 2.03. The lowest BCUT2D eigenvalue weighted by atomic mass is 9.95. The summed E-state index contributed by atoms with van der Waals surface area (Å²) in [6, 6.07) is 0. The minimum atomic E-state index is 0.655. The van der Waals surface area contributed by atoms with E-state index in [0.29, 0.717) is 5.92 Å². The van der Waals surface area contributed by atoms with Crippen LogP contribution in [0.3, 0.4) is 0 Å². The van der Waals surface area contributed by atoms with Crippen LogP contribution in [0.25, 0.3) is 0 Å². The molecule has 1 unspecified atom stereocenters. The average Bonchev–Trinajstić information content (AvgIpc) is 2.32. The second kappa shape index (κ2) is 8.72. The van der Waals surface area contributed by atoms with E-state index in [1.54, 1.807) is 0 Å². The first-order chi connectivity index (χ1) is 7.24. The van der Waals surface area contributed by atoms with Crippen LogP contribution in [0.2, 0.25) is 0 Å². The molecule has 1 aliphatic heterocycles. The van der Waals surface area contributed by atoms with Gasteiger partial charge in [0.15, 0.2) is 0 Å². The van der Waals surface area contributed by atoms with Crippen LogP contribution in [-0.4, -0.2) is 37.4 Å². The quantitative estimate of drug-likeness (QED) is 0.575. The molecule has 0 saturated carbocycles. The van der Waals surface area contributed by atoms with E-state index in [1.807, 2.05) is 25.9 Å². The van der Waals surface area contributed by atoms with Gasteiger partial charge < -0.3 is 10.3 Å². The Labute approximate surface area is 94.9 Å². The van der Waals surface area contributed by atoms with Crippen molar-refractivity contribution < 1.29 is 0 Å². The second-order valence-electron chi connectivity index (χ2n) is 3.76. The number of hydrazone groups is 1. The number of rotatable bonds is 3. The molecule has 3 heteroatoms. The third-order valence-corrected chi connectivity index (χ3v) is 2.67. The highest BCUT2D eigenvalue weighted by molar-refractivity contribution is 5.84. The largest absolute Gasteiger partial charge is 0.316 e. The van der Waals surface area contributed by atoms with Crippen LogP contribution >= 0.6 is 0 Å². The zero-order chi connectivity index (χ0) is 11.7. The van der Waals surface area contributed by atoms with Crippen molar-refractivity contribution in [1.82, 2.24) is 10.3 Å². The predicted octanol–water partition coefficient (Wildman–Crippen LogP) is 2.34. The first-order valence-electron chi connectivity index (χ1n) is 6.21. The maximum atomic E-state index is 4.53. The lowest BCUT2D eigenvalue weighted by Gasteiger charge is -2.23. The molecule has 1 heterocycles. The molecule has 15 heavy (non-hydrogen) atoms. The van der Waals surface area contributed by atoms with Gasteiger partial charge in [0.25, 0.3) is 0 Å². The van der Waals surface area contributed by atoms with Gasteiger partial charge in [0.2, 0.25) is 0 Å². The van der Waals surface area contributed by atoms with Gasteiger partial charge in [-0.05, 0) is 33.2 Å². The fourth-order valence-electron chi connectivity index (χ4n) is 1.63. The van der Waals surface area contributed by atoms with Gasteiger partial charge in [0, 0.05) is 31.8 Å². The third-order valence-electron chi connectivity index (χ3n) is 2.67. The van der Waals surface area contributed by atoms with Crippen molar-refractivity contribution in [1.29, 1.82) is 0 Å². The van der Waals surface area contributed by atoms with E-state index < -0.39 is 0 Å². The Balaban J connectivity index is 0.000000921. The highest BCUT2D eigenvalue weighted by Gasteiger charge is 2.15. The molecule has 1 rings (SSSR count). The molecule has 1 fully saturated rings. The van der Waals surface area contributed by atoms with Crippen molar-refractivity contribution in [3.05, 3.63) is 0 Å². The third kappa shape index (κ3) is 5.78. The second-order valence-corrected chi connectivity index (χ2v) is 3.76. The molecule has 1 N–H and O–H groups in total. The summed E-state index contributed by atoms with van der Waals surface area (Å²) in [6.07, 6.45) is 2.58. The van der Waals surface area contributed by atoms with E-state index in [4.69, 9.17) is 0 Å². The topological polar surface area (TPSA) is 27.6 Å². The molecule has 0 aliphatic carbocycles. The SMILES string of the molecule is CC.CCN(C)/N=C(\C)C1CCCNC1. The lowest BCUT2D eigenvalue weighted by molar-refractivity contribution is 0.365. The van der Waals surface area contributed by atoms with Crippen LogP contribution < -0.4 is 5.32 Å². The zero-order valence-electron chi connectivity index (χ0n) is 11.0. The highest BCUT2D eigenvalue weighted by atomic mass is 15.4. The molecule has 1 aliphatic rings. The Morgan fingerprint density at radius 3 is 2.60 bits per heavy atom. The Morgan fingerprint density at radius 1 is 1.47 bits per heavy atom. The van der Waals surface area contributed by atoms with E-state index in [0.717, 1.165) is 13.1 Å². The molecule has 0 aromatic rings. The number of nitrogens with zero attached hydrogens (tertiary/aromatic N) is 2. The fraction of sp³-hybridized carbons (Fsp3) is 0.917. The van der Waals surface area contributed by atoms with Gasteiger partial charge in [0.1, 0.15) is 0 Å². The fourth-order valence-corrected chi connectivity index (χ4v) is 1.63. The minimum absolute atomic E-state index is 0.655. The van der Waals surface area contributed by atoms with E-state index in [1.165, 1.54) is 25.1 Å². The maximum absolute atomic E-state index is 4.53. The monoisotopic (exact) mass is 213 g/mol. The van der Waals surface area contributed by atoms with Gasteiger partial charge in [-0.2, -0.15) is 5.10 Å². The van der Waals surface area contributed by atoms with Crippen LogP contribution in [0.1, 0.15) is 40.5 Å². The molecule has 1 saturated heterocycles. The van der Waals surface area contributed by atoms with Crippen LogP contribution in [0, 0.1) is 5.92 Å². The molecule has 0 aromatic carbocycles. The molecule has 0 aromatic heterocycles. The summed E-state index contributed by atoms with van der Waals surface area (Å²) in [5.74, 6) is 0.655. The smallest absolute Gasteiger partial charge is 0.0393 e. The highest BCUT2D eigenvalue weighted by Crippen LogP contribution is 2.12. The lowest BCUT2D eigenvalue weighted by Crippen LogP contribution is -2.34. The van der Waals surface area contributed by atoms with Crippen molar-refractivity contribution in [3.63, 3.8) is 0 Å². The van der Waals surface area contributed by atoms with Crippen molar-refractivity contribution in [2.24, 2.45) is 11.0 Å². The minimum Gasteiger partial charge on any atom is -0.316 e. The van der Waals surface area contributed by atoms with Gasteiger partial charge in [-0.1, -0.05) is 13.8 Å². The van der Waals surface area contributed by atoms with E-state index in [9.17, 15) is 0 Å². The molecule has 1 atom stereocenters. The Bertz CT molecular complexity index is 172. The normalized spacial score (nSPS) is 21.7. The van der Waals surface area contributed by atoms with Crippen molar-refractivity contribution >= 4 is 5.71 Å². The maximum Gasteiger partial charge on any atom is 0.0393 e. The van der Waals surface area contributed by atoms with Crippen LogP contribution in [0.5, 0.6) is 0 Å². The first-order valence-corrected chi connectivity index (χ1v) is 6.21. The summed E-state index contributed by atoms with van der Waals surface area (Å²) in [4.78, 5) is 0. The number of hydrogen-bond donors (Lipinski definition) is 1. The van der Waals surface area contributed by atoms with Crippen molar-refractivity contribution in [3.8, 4) is 0 Å². The van der Waals surface area contributed by atoms with E-state index in [-0.39, 0.29) is 0 Å². The van der Waals surface area contributed by atoms with Gasteiger partial charge in [-0.25, -0.2) is 0 Å². The Morgan fingerprint density at radius 2 is 2.13 bits per heavy atom. The van der Waals surface area contributed by atoms with Gasteiger partial charge in [-0.15, -0.1) is 0 Å². The molecular formula is C12H27N3. The van der Waals surface area contributed by atoms with Crippen molar-refractivity contribution in [2.75, 3.05) is 26.7 Å². The van der Waals surface area contributed by atoms with Crippen LogP contribution in [0.4, 0.5) is 0 Å². The van der Waals surface area contributed by atoms with Gasteiger partial charge in [0.05, 0.1) is 0 Å². The van der Waals surface area contributed by atoms with Gasteiger partial charge in [-0.3, -0.25) is 0 Å². The number of piperidine rings is 1.